The molecule has 3 fully saturated rings. The van der Waals surface area contributed by atoms with Gasteiger partial charge in [-0.1, -0.05) is 40.2 Å². The van der Waals surface area contributed by atoms with Crippen LogP contribution >= 0.6 is 12.4 Å². The summed E-state index contributed by atoms with van der Waals surface area (Å²) in [6.07, 6.45) is 12.3. The molecule has 0 atom stereocenters. The standard InChI is InChI=1S/C29H49N3.ClH/c1-5-6-16-30-19-21-32(22-20-30)28-23-26(31-17-8-7-9-18-31)14-15-27(28)24-10-12-25(13-11-24)29(2,3)4;/h14-15,23-25H,5-13,16-22H2,1-4H3;1H. The van der Waals surface area contributed by atoms with Crippen molar-refractivity contribution in [3.05, 3.63) is 23.8 Å². The van der Waals surface area contributed by atoms with Crippen LogP contribution in [0.4, 0.5) is 11.4 Å². The number of hydrogen-bond acceptors (Lipinski definition) is 3. The molecule has 2 heterocycles. The van der Waals surface area contributed by atoms with Gasteiger partial charge in [0.05, 0.1) is 0 Å². The van der Waals surface area contributed by atoms with Crippen LogP contribution in [0.25, 0.3) is 0 Å². The van der Waals surface area contributed by atoms with E-state index in [2.05, 4.69) is 60.6 Å². The van der Waals surface area contributed by atoms with Gasteiger partial charge in [0.15, 0.2) is 0 Å². The third kappa shape index (κ3) is 6.82. The lowest BCUT2D eigenvalue weighted by Gasteiger charge is -2.41. The zero-order chi connectivity index (χ0) is 22.6. The molecular weight excluding hydrogens is 426 g/mol. The second-order valence-corrected chi connectivity index (χ2v) is 11.9. The Balaban J connectivity index is 0.00000306. The van der Waals surface area contributed by atoms with Crippen molar-refractivity contribution in [2.24, 2.45) is 11.3 Å². The Morgan fingerprint density at radius 3 is 2.09 bits per heavy atom. The van der Waals surface area contributed by atoms with Crippen LogP contribution in [-0.2, 0) is 0 Å². The quantitative estimate of drug-likeness (QED) is 0.426. The zero-order valence-electron chi connectivity index (χ0n) is 22.0. The van der Waals surface area contributed by atoms with E-state index in [9.17, 15) is 0 Å². The van der Waals surface area contributed by atoms with E-state index >= 15 is 0 Å². The molecule has 0 unspecified atom stereocenters. The molecule has 1 aromatic rings. The summed E-state index contributed by atoms with van der Waals surface area (Å²) < 4.78 is 0. The summed E-state index contributed by atoms with van der Waals surface area (Å²) in [5.41, 5.74) is 5.16. The van der Waals surface area contributed by atoms with Gasteiger partial charge in [-0.25, -0.2) is 0 Å². The number of nitrogens with zero attached hydrogens (tertiary/aromatic N) is 3. The molecule has 3 nitrogen and oxygen atoms in total. The molecule has 0 N–H and O–H groups in total. The summed E-state index contributed by atoms with van der Waals surface area (Å²) in [6.45, 7) is 18.2. The molecule has 3 aliphatic rings. The largest absolute Gasteiger partial charge is 0.371 e. The SMILES string of the molecule is CCCCN1CCN(c2cc(N3CCCCC3)ccc2C2CCC(C(C)(C)C)CC2)CC1.Cl. The number of halogens is 1. The van der Waals surface area contributed by atoms with Crippen molar-refractivity contribution in [2.75, 3.05) is 55.6 Å². The van der Waals surface area contributed by atoms with Crippen molar-refractivity contribution in [3.8, 4) is 0 Å². The lowest BCUT2D eigenvalue weighted by molar-refractivity contribution is 0.169. The monoisotopic (exact) mass is 475 g/mol. The summed E-state index contributed by atoms with van der Waals surface area (Å²) in [5.74, 6) is 1.63. The first-order valence-electron chi connectivity index (χ1n) is 13.8. The fourth-order valence-electron chi connectivity index (χ4n) is 6.36. The highest BCUT2D eigenvalue weighted by Gasteiger charge is 2.32. The fraction of sp³-hybridized carbons (Fsp3) is 0.793. The van der Waals surface area contributed by atoms with Crippen LogP contribution in [0.3, 0.4) is 0 Å². The van der Waals surface area contributed by atoms with Crippen molar-refractivity contribution in [1.82, 2.24) is 4.90 Å². The van der Waals surface area contributed by atoms with E-state index in [1.165, 1.54) is 109 Å². The van der Waals surface area contributed by atoms with Crippen LogP contribution in [0.5, 0.6) is 0 Å². The van der Waals surface area contributed by atoms with E-state index < -0.39 is 0 Å². The number of rotatable bonds is 6. The van der Waals surface area contributed by atoms with E-state index in [-0.39, 0.29) is 12.4 Å². The van der Waals surface area contributed by atoms with E-state index in [1.54, 1.807) is 11.3 Å². The Labute approximate surface area is 210 Å². The Bertz CT molecular complexity index is 706. The molecule has 2 saturated heterocycles. The van der Waals surface area contributed by atoms with E-state index in [4.69, 9.17) is 0 Å². The predicted octanol–water partition coefficient (Wildman–Crippen LogP) is 7.34. The van der Waals surface area contributed by atoms with Gasteiger partial charge in [-0.05, 0) is 92.9 Å². The zero-order valence-corrected chi connectivity index (χ0v) is 22.8. The summed E-state index contributed by atoms with van der Waals surface area (Å²) >= 11 is 0. The molecule has 33 heavy (non-hydrogen) atoms. The maximum Gasteiger partial charge on any atom is 0.0423 e. The molecule has 0 spiro atoms. The minimum absolute atomic E-state index is 0. The molecule has 1 saturated carbocycles. The third-order valence-electron chi connectivity index (χ3n) is 8.67. The second-order valence-electron chi connectivity index (χ2n) is 11.9. The first-order chi connectivity index (χ1) is 15.5. The van der Waals surface area contributed by atoms with Crippen molar-refractivity contribution in [1.29, 1.82) is 0 Å². The Hall–Kier alpha value is -0.930. The molecule has 2 aliphatic heterocycles. The van der Waals surface area contributed by atoms with Gasteiger partial charge in [0.2, 0.25) is 0 Å². The summed E-state index contributed by atoms with van der Waals surface area (Å²) in [5, 5.41) is 0. The molecule has 0 radical (unpaired) electrons. The number of benzene rings is 1. The van der Waals surface area contributed by atoms with Gasteiger partial charge in [-0.3, -0.25) is 4.90 Å². The van der Waals surface area contributed by atoms with Crippen LogP contribution in [0.1, 0.15) is 97.0 Å². The highest BCUT2D eigenvalue weighted by Crippen LogP contribution is 2.46. The highest BCUT2D eigenvalue weighted by atomic mass is 35.5. The first kappa shape index (κ1) is 26.7. The van der Waals surface area contributed by atoms with Gasteiger partial charge in [0.1, 0.15) is 0 Å². The van der Waals surface area contributed by atoms with Crippen molar-refractivity contribution >= 4 is 23.8 Å². The van der Waals surface area contributed by atoms with Gasteiger partial charge in [0.25, 0.3) is 0 Å². The Morgan fingerprint density at radius 2 is 1.48 bits per heavy atom. The molecule has 1 aromatic carbocycles. The maximum atomic E-state index is 2.74. The van der Waals surface area contributed by atoms with Crippen LogP contribution in [0.15, 0.2) is 18.2 Å². The number of anilines is 2. The van der Waals surface area contributed by atoms with Crippen LogP contribution in [0.2, 0.25) is 0 Å². The van der Waals surface area contributed by atoms with E-state index in [0.717, 1.165) is 11.8 Å². The number of unbranched alkanes of at least 4 members (excludes halogenated alkanes) is 1. The van der Waals surface area contributed by atoms with Crippen molar-refractivity contribution < 1.29 is 0 Å². The molecule has 188 valence electrons. The van der Waals surface area contributed by atoms with Gasteiger partial charge in [0, 0.05) is 50.6 Å². The molecule has 1 aliphatic carbocycles. The highest BCUT2D eigenvalue weighted by molar-refractivity contribution is 5.85. The first-order valence-corrected chi connectivity index (χ1v) is 13.8. The minimum Gasteiger partial charge on any atom is -0.371 e. The van der Waals surface area contributed by atoms with Crippen LogP contribution in [0, 0.1) is 11.3 Å². The summed E-state index contributed by atoms with van der Waals surface area (Å²) in [4.78, 5) is 8.06. The topological polar surface area (TPSA) is 9.72 Å². The average molecular weight is 476 g/mol. The van der Waals surface area contributed by atoms with Gasteiger partial charge < -0.3 is 9.80 Å². The molecule has 0 aromatic heterocycles. The Morgan fingerprint density at radius 1 is 0.818 bits per heavy atom. The number of hydrogen-bond donors (Lipinski definition) is 0. The second kappa shape index (κ2) is 12.2. The average Bonchev–Trinajstić information content (AvgIpc) is 2.83. The van der Waals surface area contributed by atoms with E-state index in [0.29, 0.717) is 5.41 Å². The summed E-state index contributed by atoms with van der Waals surface area (Å²) in [7, 11) is 0. The van der Waals surface area contributed by atoms with Gasteiger partial charge in [-0.15, -0.1) is 12.4 Å². The lowest BCUT2D eigenvalue weighted by atomic mass is 9.68. The number of piperidine rings is 1. The van der Waals surface area contributed by atoms with Crippen molar-refractivity contribution in [2.45, 2.75) is 91.4 Å². The predicted molar refractivity (Wildman–Crippen MR) is 147 cm³/mol. The van der Waals surface area contributed by atoms with E-state index in [1.807, 2.05) is 0 Å². The fourth-order valence-corrected chi connectivity index (χ4v) is 6.36. The normalized spacial score (nSPS) is 25.1. The smallest absolute Gasteiger partial charge is 0.0423 e. The molecular formula is C29H50ClN3. The lowest BCUT2D eigenvalue weighted by Crippen LogP contribution is -2.47. The molecule has 0 bridgehead atoms. The molecule has 4 heteroatoms. The summed E-state index contributed by atoms with van der Waals surface area (Å²) in [6, 6.07) is 7.57. The van der Waals surface area contributed by atoms with Gasteiger partial charge >= 0.3 is 0 Å². The minimum atomic E-state index is 0. The van der Waals surface area contributed by atoms with Gasteiger partial charge in [-0.2, -0.15) is 0 Å². The Kier molecular flexibility index (Phi) is 9.83. The van der Waals surface area contributed by atoms with Crippen LogP contribution in [-0.4, -0.2) is 50.7 Å². The van der Waals surface area contributed by atoms with Crippen molar-refractivity contribution in [3.63, 3.8) is 0 Å². The maximum absolute atomic E-state index is 2.74. The molecule has 4 rings (SSSR count). The number of piperazine rings is 1. The molecule has 0 amide bonds. The van der Waals surface area contributed by atoms with Crippen LogP contribution < -0.4 is 9.80 Å². The third-order valence-corrected chi connectivity index (χ3v) is 8.67.